The normalized spacial score (nSPS) is 16.7. The van der Waals surface area contributed by atoms with Gasteiger partial charge in [-0.3, -0.25) is 18.8 Å². The second-order valence-corrected chi connectivity index (χ2v) is 14.2. The van der Waals surface area contributed by atoms with Crippen LogP contribution >= 0.6 is 11.6 Å². The fourth-order valence-corrected chi connectivity index (χ4v) is 7.27. The molecule has 2 N–H and O–H groups in total. The maximum atomic E-state index is 13.7. The lowest BCUT2D eigenvalue weighted by atomic mass is 9.76. The minimum atomic E-state index is -3.83. The van der Waals surface area contributed by atoms with Crippen molar-refractivity contribution in [1.82, 2.24) is 29.0 Å². The maximum Gasteiger partial charge on any atom is 0.285 e. The van der Waals surface area contributed by atoms with Crippen LogP contribution in [0.1, 0.15) is 65.1 Å². The standard InChI is InChI=1S/C30H35ClN8O4S/c1-17-14-20(18(2)32-22-6-7-23(31)33-25(22)27(40)36-44(5,42)43)24-21(15-17)28(41)38(4)29(34-24)39-12-10-30(11-13-39)9-8-19-16-37(3)35-26(19)30/h6-7,14-16,18,32H,8-13H2,1-5H3,(H,36,40)/t18-/m1/s1. The maximum absolute atomic E-state index is 13.7. The third-order valence-electron chi connectivity index (χ3n) is 8.81. The van der Waals surface area contributed by atoms with E-state index >= 15 is 0 Å². The molecular weight excluding hydrogens is 604 g/mol. The first-order valence-electron chi connectivity index (χ1n) is 14.5. The van der Waals surface area contributed by atoms with Crippen LogP contribution in [0.3, 0.4) is 0 Å². The van der Waals surface area contributed by atoms with Crippen molar-refractivity contribution in [2.75, 3.05) is 29.6 Å². The number of aromatic nitrogens is 5. The number of carbonyl (C=O) groups excluding carboxylic acids is 1. The van der Waals surface area contributed by atoms with Gasteiger partial charge in [-0.25, -0.2) is 23.1 Å². The van der Waals surface area contributed by atoms with Gasteiger partial charge in [-0.1, -0.05) is 17.7 Å². The Labute approximate surface area is 260 Å². The molecule has 4 aromatic rings. The number of fused-ring (bicyclic) bond motifs is 3. The van der Waals surface area contributed by atoms with E-state index in [1.54, 1.807) is 17.7 Å². The van der Waals surface area contributed by atoms with E-state index in [2.05, 4.69) is 21.4 Å². The fourth-order valence-electron chi connectivity index (χ4n) is 6.69. The molecule has 4 heterocycles. The van der Waals surface area contributed by atoms with Crippen molar-refractivity contribution in [3.05, 3.63) is 74.0 Å². The first kappa shape index (κ1) is 30.1. The van der Waals surface area contributed by atoms with Gasteiger partial charge >= 0.3 is 0 Å². The molecule has 1 saturated heterocycles. The van der Waals surface area contributed by atoms with Gasteiger partial charge in [0.2, 0.25) is 16.0 Å². The van der Waals surface area contributed by atoms with E-state index in [9.17, 15) is 18.0 Å². The Morgan fingerprint density at radius 2 is 1.84 bits per heavy atom. The van der Waals surface area contributed by atoms with E-state index in [0.717, 1.165) is 56.2 Å². The number of piperidine rings is 1. The van der Waals surface area contributed by atoms with Crippen molar-refractivity contribution in [3.8, 4) is 0 Å². The minimum absolute atomic E-state index is 0.0397. The molecule has 232 valence electrons. The number of nitrogens with one attached hydrogen (secondary N) is 2. The summed E-state index contributed by atoms with van der Waals surface area (Å²) in [5.74, 6) is -0.300. The van der Waals surface area contributed by atoms with Crippen LogP contribution in [0.25, 0.3) is 10.9 Å². The molecule has 1 atom stereocenters. The summed E-state index contributed by atoms with van der Waals surface area (Å²) in [5.41, 5.74) is 4.80. The number of nitrogens with zero attached hydrogens (tertiary/aromatic N) is 6. The highest BCUT2D eigenvalue weighted by atomic mass is 35.5. The lowest BCUT2D eigenvalue weighted by molar-refractivity contribution is 0.0977. The molecule has 1 fully saturated rings. The smallest absolute Gasteiger partial charge is 0.285 e. The number of carbonyl (C=O) groups is 1. The van der Waals surface area contributed by atoms with Crippen molar-refractivity contribution < 1.29 is 13.2 Å². The molecule has 12 nitrogen and oxygen atoms in total. The Morgan fingerprint density at radius 1 is 1.11 bits per heavy atom. The molecule has 1 spiro atoms. The predicted octanol–water partition coefficient (Wildman–Crippen LogP) is 3.37. The van der Waals surface area contributed by atoms with E-state index < -0.39 is 22.0 Å². The van der Waals surface area contributed by atoms with Crippen molar-refractivity contribution >= 4 is 50.1 Å². The largest absolute Gasteiger partial charge is 0.377 e. The van der Waals surface area contributed by atoms with E-state index in [4.69, 9.17) is 21.7 Å². The van der Waals surface area contributed by atoms with E-state index in [0.29, 0.717) is 16.9 Å². The molecule has 0 bridgehead atoms. The van der Waals surface area contributed by atoms with Gasteiger partial charge in [-0.15, -0.1) is 0 Å². The first-order valence-corrected chi connectivity index (χ1v) is 16.8. The van der Waals surface area contributed by atoms with Crippen molar-refractivity contribution in [3.63, 3.8) is 0 Å². The summed E-state index contributed by atoms with van der Waals surface area (Å²) in [6.45, 7) is 5.31. The highest BCUT2D eigenvalue weighted by Crippen LogP contribution is 2.45. The Kier molecular flexibility index (Phi) is 7.44. The number of aryl methyl sites for hydroxylation is 3. The Hall–Kier alpha value is -3.97. The van der Waals surface area contributed by atoms with Crippen molar-refractivity contribution in [2.45, 2.75) is 51.0 Å². The molecule has 1 aliphatic carbocycles. The number of sulfonamides is 1. The monoisotopic (exact) mass is 638 g/mol. The van der Waals surface area contributed by atoms with E-state index in [1.807, 2.05) is 42.4 Å². The molecule has 1 aromatic carbocycles. The molecule has 14 heteroatoms. The van der Waals surface area contributed by atoms with Gasteiger partial charge in [0.15, 0.2) is 5.69 Å². The Bertz CT molecular complexity index is 1980. The van der Waals surface area contributed by atoms with Crippen LogP contribution in [0, 0.1) is 6.92 Å². The van der Waals surface area contributed by atoms with Gasteiger partial charge in [0.05, 0.1) is 34.6 Å². The average molecular weight is 639 g/mol. The minimum Gasteiger partial charge on any atom is -0.377 e. The van der Waals surface area contributed by atoms with Gasteiger partial charge in [0.25, 0.3) is 11.5 Å². The number of rotatable bonds is 6. The second-order valence-electron chi connectivity index (χ2n) is 12.1. The number of amides is 1. The molecule has 6 rings (SSSR count). The third-order valence-corrected chi connectivity index (χ3v) is 9.57. The molecule has 1 aliphatic heterocycles. The number of halogens is 1. The zero-order valence-electron chi connectivity index (χ0n) is 25.3. The molecule has 1 amide bonds. The Balaban J connectivity index is 1.34. The highest BCUT2D eigenvalue weighted by Gasteiger charge is 2.44. The molecule has 3 aromatic heterocycles. The molecule has 2 aliphatic rings. The lowest BCUT2D eigenvalue weighted by Crippen LogP contribution is -2.44. The van der Waals surface area contributed by atoms with Gasteiger partial charge < -0.3 is 10.2 Å². The number of anilines is 2. The zero-order chi connectivity index (χ0) is 31.6. The van der Waals surface area contributed by atoms with Crippen molar-refractivity contribution in [1.29, 1.82) is 0 Å². The van der Waals surface area contributed by atoms with E-state index in [-0.39, 0.29) is 27.5 Å². The number of benzene rings is 1. The summed E-state index contributed by atoms with van der Waals surface area (Å²) < 4.78 is 28.9. The van der Waals surface area contributed by atoms with Gasteiger partial charge in [0.1, 0.15) is 5.15 Å². The molecule has 0 unspecified atom stereocenters. The highest BCUT2D eigenvalue weighted by molar-refractivity contribution is 7.89. The van der Waals surface area contributed by atoms with Crippen molar-refractivity contribution in [2.24, 2.45) is 14.1 Å². The quantitative estimate of drug-likeness (QED) is 0.304. The zero-order valence-corrected chi connectivity index (χ0v) is 26.9. The lowest BCUT2D eigenvalue weighted by Gasteiger charge is -2.39. The summed E-state index contributed by atoms with van der Waals surface area (Å²) in [5, 5.41) is 8.61. The summed E-state index contributed by atoms with van der Waals surface area (Å²) in [6, 6.07) is 6.44. The Morgan fingerprint density at radius 3 is 2.55 bits per heavy atom. The number of pyridine rings is 1. The van der Waals surface area contributed by atoms with Crippen LogP contribution in [-0.4, -0.2) is 58.0 Å². The summed E-state index contributed by atoms with van der Waals surface area (Å²) in [6.07, 6.45) is 7.03. The van der Waals surface area contributed by atoms with Crippen LogP contribution in [0.15, 0.2) is 35.3 Å². The van der Waals surface area contributed by atoms with Crippen LogP contribution < -0.4 is 20.5 Å². The SMILES string of the molecule is Cc1cc([C@@H](C)Nc2ccc(Cl)nc2C(=O)NS(C)(=O)=O)c2nc(N3CCC4(CCc5cn(C)nc54)CC3)n(C)c(=O)c2c1. The molecule has 44 heavy (non-hydrogen) atoms. The number of hydrogen-bond acceptors (Lipinski definition) is 9. The third kappa shape index (κ3) is 5.43. The van der Waals surface area contributed by atoms with Gasteiger partial charge in [0, 0.05) is 44.4 Å². The van der Waals surface area contributed by atoms with E-state index in [1.165, 1.54) is 17.3 Å². The summed E-state index contributed by atoms with van der Waals surface area (Å²) >= 11 is 6.05. The molecule has 0 radical (unpaired) electrons. The van der Waals surface area contributed by atoms with Crippen LogP contribution in [0.5, 0.6) is 0 Å². The van der Waals surface area contributed by atoms with Gasteiger partial charge in [-0.2, -0.15) is 5.10 Å². The molecular formula is C30H35ClN8O4S. The predicted molar refractivity (Wildman–Crippen MR) is 170 cm³/mol. The topological polar surface area (TPSA) is 144 Å². The molecule has 0 saturated carbocycles. The van der Waals surface area contributed by atoms with Crippen LogP contribution in [0.4, 0.5) is 11.6 Å². The fraction of sp³-hybridized carbons (Fsp3) is 0.433. The first-order chi connectivity index (χ1) is 20.7. The van der Waals surface area contributed by atoms with Crippen LogP contribution in [-0.2, 0) is 36.0 Å². The summed E-state index contributed by atoms with van der Waals surface area (Å²) in [7, 11) is -0.0958. The second kappa shape index (κ2) is 10.9. The number of hydrogen-bond donors (Lipinski definition) is 2. The van der Waals surface area contributed by atoms with Crippen LogP contribution in [0.2, 0.25) is 5.15 Å². The summed E-state index contributed by atoms with van der Waals surface area (Å²) in [4.78, 5) is 37.8. The van der Waals surface area contributed by atoms with Gasteiger partial charge in [-0.05, 0) is 68.9 Å². The average Bonchev–Trinajstić information content (AvgIpc) is 3.49.